The van der Waals surface area contributed by atoms with Crippen molar-refractivity contribution in [3.05, 3.63) is 64.7 Å². The van der Waals surface area contributed by atoms with Gasteiger partial charge in [-0.25, -0.2) is 0 Å². The number of rotatable bonds is 10. The highest BCUT2D eigenvalue weighted by molar-refractivity contribution is 7.98. The third-order valence-electron chi connectivity index (χ3n) is 4.11. The number of ether oxygens (including phenoxy) is 1. The van der Waals surface area contributed by atoms with Crippen LogP contribution in [0.4, 0.5) is 0 Å². The Morgan fingerprint density at radius 1 is 1.10 bits per heavy atom. The van der Waals surface area contributed by atoms with E-state index < -0.39 is 6.04 Å². The maximum atomic E-state index is 12.7. The van der Waals surface area contributed by atoms with Crippen LogP contribution in [0.2, 0.25) is 5.02 Å². The lowest BCUT2D eigenvalue weighted by Gasteiger charge is -2.19. The third-order valence-corrected chi connectivity index (χ3v) is 5.09. The molecule has 0 aliphatic heterocycles. The number of thioether (sulfide) groups is 1. The van der Waals surface area contributed by atoms with Gasteiger partial charge in [0.25, 0.3) is 5.91 Å². The molecule has 0 heterocycles. The fourth-order valence-electron chi connectivity index (χ4n) is 2.66. The SMILES string of the molecule is CSCCC(NC(=O)c1ccccc1Cl)C(=O)NCc1ccc(OC(C)C)cc1. The summed E-state index contributed by atoms with van der Waals surface area (Å²) in [5.74, 6) is 0.969. The molecular formula is C22H27ClN2O3S. The van der Waals surface area contributed by atoms with Crippen LogP contribution in [0.15, 0.2) is 48.5 Å². The third kappa shape index (κ3) is 7.63. The Kier molecular flexibility index (Phi) is 9.35. The Morgan fingerprint density at radius 3 is 2.41 bits per heavy atom. The fourth-order valence-corrected chi connectivity index (χ4v) is 3.35. The molecular weight excluding hydrogens is 408 g/mol. The van der Waals surface area contributed by atoms with Crippen LogP contribution < -0.4 is 15.4 Å². The van der Waals surface area contributed by atoms with E-state index in [9.17, 15) is 9.59 Å². The Balaban J connectivity index is 1.97. The molecule has 0 saturated heterocycles. The average molecular weight is 435 g/mol. The topological polar surface area (TPSA) is 67.4 Å². The van der Waals surface area contributed by atoms with Crippen molar-refractivity contribution in [2.75, 3.05) is 12.0 Å². The summed E-state index contributed by atoms with van der Waals surface area (Å²) in [6.07, 6.45) is 2.61. The van der Waals surface area contributed by atoms with Crippen LogP contribution >= 0.6 is 23.4 Å². The predicted octanol–water partition coefficient (Wildman–Crippen LogP) is 4.30. The first-order valence-corrected chi connectivity index (χ1v) is 11.3. The van der Waals surface area contributed by atoms with Gasteiger partial charge in [-0.1, -0.05) is 35.9 Å². The number of amides is 2. The van der Waals surface area contributed by atoms with Gasteiger partial charge in [-0.15, -0.1) is 0 Å². The van der Waals surface area contributed by atoms with E-state index in [1.807, 2.05) is 44.4 Å². The predicted molar refractivity (Wildman–Crippen MR) is 120 cm³/mol. The second-order valence-electron chi connectivity index (χ2n) is 6.82. The summed E-state index contributed by atoms with van der Waals surface area (Å²) >= 11 is 7.72. The first-order valence-electron chi connectivity index (χ1n) is 9.48. The van der Waals surface area contributed by atoms with Gasteiger partial charge in [0.15, 0.2) is 0 Å². The molecule has 0 bridgehead atoms. The van der Waals surface area contributed by atoms with Crippen molar-refractivity contribution in [2.45, 2.75) is 39.0 Å². The van der Waals surface area contributed by atoms with Crippen LogP contribution in [0.25, 0.3) is 0 Å². The highest BCUT2D eigenvalue weighted by Crippen LogP contribution is 2.16. The number of hydrogen-bond donors (Lipinski definition) is 2. The molecule has 2 N–H and O–H groups in total. The maximum Gasteiger partial charge on any atom is 0.253 e. The van der Waals surface area contributed by atoms with Gasteiger partial charge in [-0.05, 0) is 62.1 Å². The smallest absolute Gasteiger partial charge is 0.253 e. The number of hydrogen-bond acceptors (Lipinski definition) is 4. The largest absolute Gasteiger partial charge is 0.491 e. The number of carbonyl (C=O) groups is 2. The molecule has 5 nitrogen and oxygen atoms in total. The van der Waals surface area contributed by atoms with E-state index >= 15 is 0 Å². The van der Waals surface area contributed by atoms with Crippen LogP contribution in [0.5, 0.6) is 5.75 Å². The standard InChI is InChI=1S/C22H27ClN2O3S/c1-15(2)28-17-10-8-16(9-11-17)14-24-22(27)20(12-13-29-3)25-21(26)18-6-4-5-7-19(18)23/h4-11,15,20H,12-14H2,1-3H3,(H,24,27)(H,25,26). The molecule has 1 atom stereocenters. The summed E-state index contributed by atoms with van der Waals surface area (Å²) in [7, 11) is 0. The number of nitrogens with one attached hydrogen (secondary N) is 2. The monoisotopic (exact) mass is 434 g/mol. The van der Waals surface area contributed by atoms with Crippen LogP contribution in [0.3, 0.4) is 0 Å². The fraction of sp³-hybridized carbons (Fsp3) is 0.364. The van der Waals surface area contributed by atoms with E-state index in [0.717, 1.165) is 17.1 Å². The molecule has 2 aromatic rings. The van der Waals surface area contributed by atoms with Crippen LogP contribution in [0, 0.1) is 0 Å². The summed E-state index contributed by atoms with van der Waals surface area (Å²) in [5, 5.41) is 6.07. The molecule has 0 spiro atoms. The summed E-state index contributed by atoms with van der Waals surface area (Å²) in [4.78, 5) is 25.2. The minimum atomic E-state index is -0.630. The van der Waals surface area contributed by atoms with Crippen LogP contribution in [-0.2, 0) is 11.3 Å². The van der Waals surface area contributed by atoms with Gasteiger partial charge in [0.2, 0.25) is 5.91 Å². The van der Waals surface area contributed by atoms with E-state index in [2.05, 4.69) is 10.6 Å². The zero-order valence-corrected chi connectivity index (χ0v) is 18.5. The van der Waals surface area contributed by atoms with E-state index in [0.29, 0.717) is 23.6 Å². The Morgan fingerprint density at radius 2 is 1.79 bits per heavy atom. The molecule has 7 heteroatoms. The molecule has 2 amide bonds. The second kappa shape index (κ2) is 11.7. The molecule has 2 aromatic carbocycles. The van der Waals surface area contributed by atoms with Crippen LogP contribution in [0.1, 0.15) is 36.2 Å². The molecule has 0 aliphatic carbocycles. The summed E-state index contributed by atoms with van der Waals surface area (Å²) in [6, 6.07) is 13.8. The first kappa shape index (κ1) is 23.1. The van der Waals surface area contributed by atoms with Gasteiger partial charge >= 0.3 is 0 Å². The molecule has 156 valence electrons. The Hall–Kier alpha value is -2.18. The summed E-state index contributed by atoms with van der Waals surface area (Å²) < 4.78 is 5.62. The van der Waals surface area contributed by atoms with Crippen molar-refractivity contribution in [1.29, 1.82) is 0 Å². The minimum Gasteiger partial charge on any atom is -0.491 e. The molecule has 0 aliphatic rings. The highest BCUT2D eigenvalue weighted by atomic mass is 35.5. The van der Waals surface area contributed by atoms with Crippen LogP contribution in [-0.4, -0.2) is 36.0 Å². The van der Waals surface area contributed by atoms with Crippen molar-refractivity contribution in [3.8, 4) is 5.75 Å². The molecule has 0 fully saturated rings. The van der Waals surface area contributed by atoms with Crippen molar-refractivity contribution >= 4 is 35.2 Å². The van der Waals surface area contributed by atoms with Gasteiger partial charge in [0.05, 0.1) is 16.7 Å². The van der Waals surface area contributed by atoms with E-state index in [4.69, 9.17) is 16.3 Å². The maximum absolute atomic E-state index is 12.7. The normalized spacial score (nSPS) is 11.8. The van der Waals surface area contributed by atoms with Gasteiger partial charge in [-0.3, -0.25) is 9.59 Å². The number of carbonyl (C=O) groups excluding carboxylic acids is 2. The Labute approximate surface area is 181 Å². The van der Waals surface area contributed by atoms with Gasteiger partial charge in [-0.2, -0.15) is 11.8 Å². The quantitative estimate of drug-likeness (QED) is 0.585. The van der Waals surface area contributed by atoms with Gasteiger partial charge < -0.3 is 15.4 Å². The lowest BCUT2D eigenvalue weighted by Crippen LogP contribution is -2.47. The Bertz CT molecular complexity index is 812. The summed E-state index contributed by atoms with van der Waals surface area (Å²) in [5.41, 5.74) is 1.31. The minimum absolute atomic E-state index is 0.111. The zero-order valence-electron chi connectivity index (χ0n) is 16.9. The van der Waals surface area contributed by atoms with Crippen molar-refractivity contribution in [1.82, 2.24) is 10.6 Å². The highest BCUT2D eigenvalue weighted by Gasteiger charge is 2.22. The van der Waals surface area contributed by atoms with E-state index in [1.54, 1.807) is 36.0 Å². The average Bonchev–Trinajstić information content (AvgIpc) is 2.70. The molecule has 1 unspecified atom stereocenters. The number of halogens is 1. The van der Waals surface area contributed by atoms with E-state index in [-0.39, 0.29) is 17.9 Å². The zero-order chi connectivity index (χ0) is 21.2. The number of benzene rings is 2. The molecule has 0 radical (unpaired) electrons. The molecule has 0 aromatic heterocycles. The second-order valence-corrected chi connectivity index (χ2v) is 8.21. The van der Waals surface area contributed by atoms with Gasteiger partial charge in [0.1, 0.15) is 11.8 Å². The van der Waals surface area contributed by atoms with Gasteiger partial charge in [0, 0.05) is 6.54 Å². The van der Waals surface area contributed by atoms with E-state index in [1.165, 1.54) is 0 Å². The van der Waals surface area contributed by atoms with Crippen molar-refractivity contribution in [2.24, 2.45) is 0 Å². The molecule has 2 rings (SSSR count). The first-order chi connectivity index (χ1) is 13.9. The summed E-state index contributed by atoms with van der Waals surface area (Å²) in [6.45, 7) is 4.32. The molecule has 0 saturated carbocycles. The lowest BCUT2D eigenvalue weighted by molar-refractivity contribution is -0.123. The molecule has 29 heavy (non-hydrogen) atoms. The van der Waals surface area contributed by atoms with Crippen molar-refractivity contribution < 1.29 is 14.3 Å². The lowest BCUT2D eigenvalue weighted by atomic mass is 10.1. The van der Waals surface area contributed by atoms with Crippen molar-refractivity contribution in [3.63, 3.8) is 0 Å².